The van der Waals surface area contributed by atoms with Crippen molar-refractivity contribution in [1.82, 2.24) is 10.2 Å². The van der Waals surface area contributed by atoms with Gasteiger partial charge in [-0.15, -0.1) is 0 Å². The highest BCUT2D eigenvalue weighted by molar-refractivity contribution is 6.30. The van der Waals surface area contributed by atoms with Crippen molar-refractivity contribution < 1.29 is 33.0 Å². The summed E-state index contributed by atoms with van der Waals surface area (Å²) in [7, 11) is 2.74. The number of carbonyl (C=O) groups is 3. The fraction of sp³-hybridized carbons (Fsp3) is 0.160. The second kappa shape index (κ2) is 10.4. The lowest BCUT2D eigenvalue weighted by Gasteiger charge is -2.12. The zero-order valence-corrected chi connectivity index (χ0v) is 19.6. The largest absolute Gasteiger partial charge is 0.493 e. The molecule has 0 aliphatic carbocycles. The number of hydrogen-bond acceptors (Lipinski definition) is 7. The van der Waals surface area contributed by atoms with Gasteiger partial charge in [-0.2, -0.15) is 0 Å². The van der Waals surface area contributed by atoms with Gasteiger partial charge < -0.3 is 23.9 Å². The Morgan fingerprint density at radius 2 is 1.83 bits per heavy atom. The van der Waals surface area contributed by atoms with Gasteiger partial charge >= 0.3 is 12.0 Å². The van der Waals surface area contributed by atoms with Gasteiger partial charge in [-0.1, -0.05) is 29.8 Å². The summed E-state index contributed by atoms with van der Waals surface area (Å²) in [5.41, 5.74) is 1.65. The molecule has 180 valence electrons. The predicted molar refractivity (Wildman–Crippen MR) is 126 cm³/mol. The van der Waals surface area contributed by atoms with Crippen LogP contribution in [0.25, 0.3) is 6.08 Å². The lowest BCUT2D eigenvalue weighted by Crippen LogP contribution is -2.30. The number of imide groups is 1. The number of amides is 3. The third-order valence-corrected chi connectivity index (χ3v) is 5.38. The Labute approximate surface area is 205 Å². The molecule has 1 N–H and O–H groups in total. The van der Waals surface area contributed by atoms with Crippen molar-refractivity contribution in [2.24, 2.45) is 0 Å². The first kappa shape index (κ1) is 23.9. The molecule has 1 fully saturated rings. The van der Waals surface area contributed by atoms with E-state index in [1.54, 1.807) is 30.3 Å². The fourth-order valence-corrected chi connectivity index (χ4v) is 3.47. The molecule has 10 heteroatoms. The molecule has 2 heterocycles. The Balaban J connectivity index is 1.46. The van der Waals surface area contributed by atoms with E-state index < -0.39 is 17.9 Å². The molecule has 0 saturated carbocycles. The van der Waals surface area contributed by atoms with Crippen molar-refractivity contribution in [2.45, 2.75) is 13.2 Å². The zero-order valence-electron chi connectivity index (χ0n) is 18.9. The molecule has 0 spiro atoms. The molecule has 2 aromatic carbocycles. The average Bonchev–Trinajstić information content (AvgIpc) is 3.44. The minimum absolute atomic E-state index is 0.0178. The standard InChI is InChI=1S/C25H21ClN2O7/c1-32-22-12-16(5-9-20(22)34-14-15-3-6-17(26)7-4-15)11-19-23(29)28(25(31)27-19)13-18-8-10-21(35-18)24(30)33-2/h3-12H,13-14H2,1-2H3,(H,27,31)/b19-11+. The summed E-state index contributed by atoms with van der Waals surface area (Å²) in [5.74, 6) is 0.0477. The smallest absolute Gasteiger partial charge is 0.373 e. The van der Waals surface area contributed by atoms with Crippen LogP contribution in [-0.4, -0.2) is 37.0 Å². The number of carbonyl (C=O) groups excluding carboxylic acids is 3. The van der Waals surface area contributed by atoms with Crippen LogP contribution in [0.4, 0.5) is 4.79 Å². The number of esters is 1. The molecule has 1 saturated heterocycles. The van der Waals surface area contributed by atoms with Crippen LogP contribution in [0.3, 0.4) is 0 Å². The quantitative estimate of drug-likeness (QED) is 0.280. The van der Waals surface area contributed by atoms with Crippen LogP contribution in [-0.2, 0) is 22.7 Å². The summed E-state index contributed by atoms with van der Waals surface area (Å²) < 4.78 is 21.2. The third-order valence-electron chi connectivity index (χ3n) is 5.13. The van der Waals surface area contributed by atoms with Crippen molar-refractivity contribution in [2.75, 3.05) is 14.2 Å². The molecule has 3 aromatic rings. The maximum Gasteiger partial charge on any atom is 0.373 e. The van der Waals surface area contributed by atoms with E-state index in [9.17, 15) is 14.4 Å². The Kier molecular flexibility index (Phi) is 7.07. The maximum atomic E-state index is 12.8. The van der Waals surface area contributed by atoms with Crippen molar-refractivity contribution in [1.29, 1.82) is 0 Å². The Bertz CT molecular complexity index is 1300. The van der Waals surface area contributed by atoms with Gasteiger partial charge in [0, 0.05) is 5.02 Å². The van der Waals surface area contributed by atoms with E-state index in [2.05, 4.69) is 10.1 Å². The van der Waals surface area contributed by atoms with E-state index in [-0.39, 0.29) is 23.8 Å². The summed E-state index contributed by atoms with van der Waals surface area (Å²) in [5, 5.41) is 3.19. The summed E-state index contributed by atoms with van der Waals surface area (Å²) in [4.78, 5) is 37.7. The highest BCUT2D eigenvalue weighted by Gasteiger charge is 2.34. The van der Waals surface area contributed by atoms with Gasteiger partial charge in [0.2, 0.25) is 5.76 Å². The second-order valence-electron chi connectivity index (χ2n) is 7.46. The van der Waals surface area contributed by atoms with Crippen LogP contribution in [0.15, 0.2) is 64.7 Å². The lowest BCUT2D eigenvalue weighted by molar-refractivity contribution is -0.123. The van der Waals surface area contributed by atoms with Gasteiger partial charge in [-0.25, -0.2) is 9.59 Å². The number of nitrogens with one attached hydrogen (secondary N) is 1. The van der Waals surface area contributed by atoms with Crippen LogP contribution in [0.2, 0.25) is 5.02 Å². The predicted octanol–water partition coefficient (Wildman–Crippen LogP) is 4.40. The number of nitrogens with zero attached hydrogens (tertiary/aromatic N) is 1. The van der Waals surface area contributed by atoms with E-state index in [1.807, 2.05) is 12.1 Å². The van der Waals surface area contributed by atoms with E-state index in [0.29, 0.717) is 28.7 Å². The summed E-state index contributed by atoms with van der Waals surface area (Å²) in [6, 6.07) is 14.8. The molecule has 0 radical (unpaired) electrons. The molecular weight excluding hydrogens is 476 g/mol. The molecule has 3 amide bonds. The molecule has 35 heavy (non-hydrogen) atoms. The molecule has 1 aliphatic rings. The number of rotatable bonds is 8. The van der Waals surface area contributed by atoms with Crippen LogP contribution < -0.4 is 14.8 Å². The number of urea groups is 1. The fourth-order valence-electron chi connectivity index (χ4n) is 3.35. The first-order chi connectivity index (χ1) is 16.9. The molecule has 0 unspecified atom stereocenters. The Hall–Kier alpha value is -4.24. The second-order valence-corrected chi connectivity index (χ2v) is 7.90. The molecule has 0 bridgehead atoms. The van der Waals surface area contributed by atoms with Gasteiger partial charge in [-0.3, -0.25) is 9.69 Å². The minimum atomic E-state index is -0.649. The van der Waals surface area contributed by atoms with Gasteiger partial charge in [-0.05, 0) is 53.6 Å². The summed E-state index contributed by atoms with van der Waals surface area (Å²) in [6.07, 6.45) is 1.54. The van der Waals surface area contributed by atoms with E-state index >= 15 is 0 Å². The highest BCUT2D eigenvalue weighted by atomic mass is 35.5. The normalized spacial score (nSPS) is 14.3. The number of benzene rings is 2. The highest BCUT2D eigenvalue weighted by Crippen LogP contribution is 2.30. The van der Waals surface area contributed by atoms with Gasteiger partial charge in [0.25, 0.3) is 5.91 Å². The first-order valence-electron chi connectivity index (χ1n) is 10.4. The molecular formula is C25H21ClN2O7. The summed E-state index contributed by atoms with van der Waals surface area (Å²) in [6.45, 7) is 0.182. The minimum Gasteiger partial charge on any atom is -0.493 e. The number of halogens is 1. The van der Waals surface area contributed by atoms with Crippen molar-refractivity contribution in [3.05, 3.63) is 88.0 Å². The molecule has 0 atom stereocenters. The molecule has 9 nitrogen and oxygen atoms in total. The van der Waals surface area contributed by atoms with Crippen molar-refractivity contribution >= 4 is 35.6 Å². The SMILES string of the molecule is COC(=O)c1ccc(CN2C(=O)N/C(=C/c3ccc(OCc4ccc(Cl)cc4)c(OC)c3)C2=O)o1. The van der Waals surface area contributed by atoms with Crippen molar-refractivity contribution in [3.63, 3.8) is 0 Å². The van der Waals surface area contributed by atoms with Crippen LogP contribution in [0, 0.1) is 0 Å². The van der Waals surface area contributed by atoms with Crippen LogP contribution >= 0.6 is 11.6 Å². The first-order valence-corrected chi connectivity index (χ1v) is 10.8. The topological polar surface area (TPSA) is 107 Å². The summed E-state index contributed by atoms with van der Waals surface area (Å²) >= 11 is 5.91. The van der Waals surface area contributed by atoms with Crippen LogP contribution in [0.5, 0.6) is 11.5 Å². The Morgan fingerprint density at radius 3 is 2.54 bits per heavy atom. The number of ether oxygens (including phenoxy) is 3. The number of furan rings is 1. The average molecular weight is 497 g/mol. The van der Waals surface area contributed by atoms with Gasteiger partial charge in [0.15, 0.2) is 11.5 Å². The van der Waals surface area contributed by atoms with E-state index in [1.165, 1.54) is 32.4 Å². The lowest BCUT2D eigenvalue weighted by atomic mass is 10.1. The molecule has 4 rings (SSSR count). The van der Waals surface area contributed by atoms with Gasteiger partial charge in [0.05, 0.1) is 20.8 Å². The zero-order chi connectivity index (χ0) is 24.9. The van der Waals surface area contributed by atoms with E-state index in [4.69, 9.17) is 25.5 Å². The van der Waals surface area contributed by atoms with Gasteiger partial charge in [0.1, 0.15) is 18.1 Å². The monoisotopic (exact) mass is 496 g/mol. The van der Waals surface area contributed by atoms with Crippen molar-refractivity contribution in [3.8, 4) is 11.5 Å². The maximum absolute atomic E-state index is 12.8. The third kappa shape index (κ3) is 5.47. The van der Waals surface area contributed by atoms with Crippen LogP contribution in [0.1, 0.15) is 27.4 Å². The molecule has 1 aromatic heterocycles. The number of hydrogen-bond donors (Lipinski definition) is 1. The van der Waals surface area contributed by atoms with E-state index in [0.717, 1.165) is 10.5 Å². The Morgan fingerprint density at radius 1 is 1.06 bits per heavy atom. The number of methoxy groups -OCH3 is 2. The molecule has 1 aliphatic heterocycles.